The number of hydrogen-bond acceptors (Lipinski definition) is 3. The summed E-state index contributed by atoms with van der Waals surface area (Å²) >= 11 is 0. The molecule has 41 heavy (non-hydrogen) atoms. The van der Waals surface area contributed by atoms with E-state index in [2.05, 4.69) is 69.0 Å². The molecule has 1 fully saturated rings. The van der Waals surface area contributed by atoms with E-state index in [0.717, 1.165) is 68.8 Å². The van der Waals surface area contributed by atoms with Crippen molar-refractivity contribution in [3.8, 4) is 6.07 Å². The van der Waals surface area contributed by atoms with Gasteiger partial charge in [0, 0.05) is 19.1 Å². The molecule has 1 saturated carbocycles. The first-order chi connectivity index (χ1) is 19.9. The van der Waals surface area contributed by atoms with Crippen molar-refractivity contribution >= 4 is 0 Å². The molecule has 0 aromatic heterocycles. The van der Waals surface area contributed by atoms with Crippen LogP contribution in [0.2, 0.25) is 0 Å². The largest absolute Gasteiger partial charge is 0.397 e. The maximum atomic E-state index is 14.0. The Labute approximate surface area is 248 Å². The van der Waals surface area contributed by atoms with Gasteiger partial charge in [-0.25, -0.2) is 4.39 Å². The molecule has 222 valence electrons. The Morgan fingerprint density at radius 3 is 2.44 bits per heavy atom. The van der Waals surface area contributed by atoms with Gasteiger partial charge >= 0.3 is 0 Å². The molecule has 0 bridgehead atoms. The van der Waals surface area contributed by atoms with Gasteiger partial charge in [0.25, 0.3) is 0 Å². The first kappa shape index (κ1) is 32.8. The number of hydrogen-bond donors (Lipinski definition) is 1. The van der Waals surface area contributed by atoms with E-state index in [1.807, 2.05) is 12.1 Å². The molecule has 0 aliphatic heterocycles. The second-order valence-electron chi connectivity index (χ2n) is 11.7. The molecular weight excluding hydrogens is 507 g/mol. The highest BCUT2D eigenvalue weighted by molar-refractivity contribution is 5.44. The van der Waals surface area contributed by atoms with Crippen LogP contribution in [0.25, 0.3) is 0 Å². The van der Waals surface area contributed by atoms with Crippen molar-refractivity contribution in [2.24, 2.45) is 11.8 Å². The average Bonchev–Trinajstić information content (AvgIpc) is 3.63. The predicted molar refractivity (Wildman–Crippen MR) is 169 cm³/mol. The molecular formula is C37H51FN2O. The summed E-state index contributed by atoms with van der Waals surface area (Å²) in [6.07, 6.45) is 12.6. The third-order valence-electron chi connectivity index (χ3n) is 8.88. The molecule has 5 rings (SSSR count). The highest BCUT2D eigenvalue weighted by atomic mass is 19.1. The minimum absolute atomic E-state index is 0.0442. The highest BCUT2D eigenvalue weighted by Gasteiger charge is 2.35. The molecule has 3 unspecified atom stereocenters. The van der Waals surface area contributed by atoms with E-state index in [1.54, 1.807) is 24.1 Å². The summed E-state index contributed by atoms with van der Waals surface area (Å²) in [6, 6.07) is 15.6. The van der Waals surface area contributed by atoms with Gasteiger partial charge in [0.15, 0.2) is 0 Å². The summed E-state index contributed by atoms with van der Waals surface area (Å²) in [5.41, 5.74) is 8.94. The standard InChI is InChI=1S/C23H29FN2.C12H16.C2H6O/c1-3-12-26(4-2)16-17-8-9-18(20(13-17)15-25)14-19-10-11-23(24)22-7-5-6-21(19)22;1-3-10-5-6-11-8-9(2)4-7-12(10)11;1-2-3/h8-11,13,21-22H,3-7,12,14,16H2,1-2H3;4,7-8,10H,3,5-6H2,1-2H3;3H,2H2,1H3. The van der Waals surface area contributed by atoms with Crippen LogP contribution in [0.1, 0.15) is 106 Å². The third-order valence-corrected chi connectivity index (χ3v) is 8.88. The van der Waals surface area contributed by atoms with E-state index in [9.17, 15) is 9.65 Å². The van der Waals surface area contributed by atoms with E-state index < -0.39 is 0 Å². The summed E-state index contributed by atoms with van der Waals surface area (Å²) in [4.78, 5) is 2.40. The minimum Gasteiger partial charge on any atom is -0.397 e. The van der Waals surface area contributed by atoms with E-state index >= 15 is 0 Å². The van der Waals surface area contributed by atoms with Crippen molar-refractivity contribution in [1.29, 1.82) is 5.26 Å². The second kappa shape index (κ2) is 16.6. The van der Waals surface area contributed by atoms with E-state index in [0.29, 0.717) is 5.92 Å². The lowest BCUT2D eigenvalue weighted by Crippen LogP contribution is -2.23. The third kappa shape index (κ3) is 8.87. The van der Waals surface area contributed by atoms with Gasteiger partial charge in [0.2, 0.25) is 0 Å². The number of nitrogens with zero attached hydrogens (tertiary/aromatic N) is 2. The number of aryl methyl sites for hydroxylation is 2. The summed E-state index contributed by atoms with van der Waals surface area (Å²) in [6.45, 7) is 13.8. The van der Waals surface area contributed by atoms with Crippen LogP contribution in [0.3, 0.4) is 0 Å². The monoisotopic (exact) mass is 558 g/mol. The van der Waals surface area contributed by atoms with Gasteiger partial charge in [0.05, 0.1) is 11.6 Å². The predicted octanol–water partition coefficient (Wildman–Crippen LogP) is 8.98. The quantitative estimate of drug-likeness (QED) is 0.352. The van der Waals surface area contributed by atoms with Gasteiger partial charge in [0.1, 0.15) is 5.83 Å². The molecule has 4 heteroatoms. The molecule has 2 aromatic rings. The Hall–Kier alpha value is -2.74. The van der Waals surface area contributed by atoms with Crippen LogP contribution >= 0.6 is 0 Å². The fraction of sp³-hybridized carbons (Fsp3) is 0.541. The summed E-state index contributed by atoms with van der Waals surface area (Å²) in [5.74, 6) is 1.29. The zero-order valence-corrected chi connectivity index (χ0v) is 26.1. The zero-order valence-electron chi connectivity index (χ0n) is 26.1. The van der Waals surface area contributed by atoms with E-state index in [1.165, 1.54) is 36.0 Å². The molecule has 3 nitrogen and oxygen atoms in total. The Kier molecular flexibility index (Phi) is 13.3. The molecule has 0 saturated heterocycles. The lowest BCUT2D eigenvalue weighted by atomic mass is 9.80. The fourth-order valence-corrected chi connectivity index (χ4v) is 6.74. The summed E-state index contributed by atoms with van der Waals surface area (Å²) in [5, 5.41) is 17.2. The first-order valence-corrected chi connectivity index (χ1v) is 15.9. The van der Waals surface area contributed by atoms with Gasteiger partial charge < -0.3 is 5.11 Å². The fourth-order valence-electron chi connectivity index (χ4n) is 6.74. The van der Waals surface area contributed by atoms with Crippen molar-refractivity contribution in [3.05, 3.63) is 93.3 Å². The van der Waals surface area contributed by atoms with Crippen molar-refractivity contribution < 1.29 is 9.50 Å². The van der Waals surface area contributed by atoms with Crippen LogP contribution in [-0.2, 0) is 19.4 Å². The molecule has 0 heterocycles. The Balaban J connectivity index is 0.000000255. The molecule has 3 aliphatic rings. The molecule has 0 radical (unpaired) electrons. The molecule has 2 aromatic carbocycles. The van der Waals surface area contributed by atoms with Gasteiger partial charge in [-0.15, -0.1) is 0 Å². The maximum Gasteiger partial charge on any atom is 0.104 e. The van der Waals surface area contributed by atoms with Crippen molar-refractivity contribution in [2.75, 3.05) is 19.7 Å². The molecule has 0 amide bonds. The van der Waals surface area contributed by atoms with Crippen molar-refractivity contribution in [1.82, 2.24) is 4.90 Å². The van der Waals surface area contributed by atoms with Crippen LogP contribution in [0.15, 0.2) is 60.0 Å². The van der Waals surface area contributed by atoms with Gasteiger partial charge in [-0.1, -0.05) is 74.7 Å². The number of allylic oxidation sites excluding steroid dienone is 4. The highest BCUT2D eigenvalue weighted by Crippen LogP contribution is 2.45. The second-order valence-corrected chi connectivity index (χ2v) is 11.7. The van der Waals surface area contributed by atoms with E-state index in [-0.39, 0.29) is 18.4 Å². The lowest BCUT2D eigenvalue weighted by molar-refractivity contribution is 0.280. The Morgan fingerprint density at radius 2 is 1.76 bits per heavy atom. The number of aliphatic hydroxyl groups excluding tert-OH is 1. The summed E-state index contributed by atoms with van der Waals surface area (Å²) < 4.78 is 14.0. The average molecular weight is 559 g/mol. The number of aliphatic hydroxyl groups is 1. The number of fused-ring (bicyclic) bond motifs is 2. The topological polar surface area (TPSA) is 47.3 Å². The van der Waals surface area contributed by atoms with Crippen LogP contribution in [0, 0.1) is 30.1 Å². The van der Waals surface area contributed by atoms with Gasteiger partial charge in [-0.2, -0.15) is 5.26 Å². The first-order valence-electron chi connectivity index (χ1n) is 15.9. The van der Waals surface area contributed by atoms with Crippen LogP contribution in [0.4, 0.5) is 4.39 Å². The number of rotatable bonds is 8. The molecule has 1 N–H and O–H groups in total. The van der Waals surface area contributed by atoms with Crippen LogP contribution in [0.5, 0.6) is 0 Å². The molecule has 3 atom stereocenters. The summed E-state index contributed by atoms with van der Waals surface area (Å²) in [7, 11) is 0. The molecule has 3 aliphatic carbocycles. The smallest absolute Gasteiger partial charge is 0.104 e. The zero-order chi connectivity index (χ0) is 29.8. The SMILES string of the molecule is CCC1CCc2cc(C)ccc21.CCCN(CC)Cc1ccc(CC2=CC=C(F)C3CCCC23)c(C#N)c1.CCO. The van der Waals surface area contributed by atoms with Gasteiger partial charge in [-0.05, 0) is 118 Å². The minimum atomic E-state index is 0.0442. The van der Waals surface area contributed by atoms with Crippen LogP contribution in [-0.4, -0.2) is 29.7 Å². The number of benzene rings is 2. The van der Waals surface area contributed by atoms with Gasteiger partial charge in [-0.3, -0.25) is 4.90 Å². The van der Waals surface area contributed by atoms with Crippen molar-refractivity contribution in [2.45, 2.75) is 98.4 Å². The molecule has 0 spiro atoms. The van der Waals surface area contributed by atoms with Crippen molar-refractivity contribution in [3.63, 3.8) is 0 Å². The Bertz CT molecular complexity index is 1220. The number of halogens is 1. The maximum absolute atomic E-state index is 14.0. The van der Waals surface area contributed by atoms with Crippen LogP contribution < -0.4 is 0 Å². The van der Waals surface area contributed by atoms with E-state index in [4.69, 9.17) is 5.11 Å². The Morgan fingerprint density at radius 1 is 1.00 bits per heavy atom. The lowest BCUT2D eigenvalue weighted by Gasteiger charge is -2.25. The number of nitriles is 1. The normalized spacial score (nSPS) is 20.5.